The molecule has 2 unspecified atom stereocenters. The maximum atomic E-state index is 5.95. The van der Waals surface area contributed by atoms with Gasteiger partial charge in [0.15, 0.2) is 0 Å². The highest BCUT2D eigenvalue weighted by Crippen LogP contribution is 2.36. The van der Waals surface area contributed by atoms with Crippen molar-refractivity contribution in [2.45, 2.75) is 38.3 Å². The normalized spacial score (nSPS) is 28.5. The lowest BCUT2D eigenvalue weighted by Crippen LogP contribution is -2.26. The van der Waals surface area contributed by atoms with Gasteiger partial charge in [-0.25, -0.2) is 0 Å². The third kappa shape index (κ3) is 2.53. The fourth-order valence-electron chi connectivity index (χ4n) is 2.70. The molecule has 1 heterocycles. The Bertz CT molecular complexity index is 386. The standard InChI is InChI=1S/C15H21NO/c1-11-4-2-3-5-14(11)15-12(8-9-17-15)10-16-13-6-7-13/h2-5,12-13,15-16H,6-10H2,1H3. The quantitative estimate of drug-likeness (QED) is 0.860. The van der Waals surface area contributed by atoms with Crippen molar-refractivity contribution in [1.29, 1.82) is 0 Å². The van der Waals surface area contributed by atoms with Crippen molar-refractivity contribution in [3.63, 3.8) is 0 Å². The number of rotatable bonds is 4. The number of nitrogens with one attached hydrogen (secondary N) is 1. The molecule has 1 aromatic carbocycles. The van der Waals surface area contributed by atoms with Crippen molar-refractivity contribution in [2.24, 2.45) is 5.92 Å². The van der Waals surface area contributed by atoms with Crippen LogP contribution in [0.15, 0.2) is 24.3 Å². The molecular formula is C15H21NO. The van der Waals surface area contributed by atoms with Gasteiger partial charge < -0.3 is 10.1 Å². The first-order chi connectivity index (χ1) is 8.34. The lowest BCUT2D eigenvalue weighted by molar-refractivity contribution is 0.0899. The Hall–Kier alpha value is -0.860. The lowest BCUT2D eigenvalue weighted by atomic mass is 9.92. The largest absolute Gasteiger partial charge is 0.373 e. The molecule has 0 bridgehead atoms. The van der Waals surface area contributed by atoms with E-state index in [0.29, 0.717) is 12.0 Å². The first kappa shape index (κ1) is 11.2. The third-order valence-electron chi connectivity index (χ3n) is 3.96. The van der Waals surface area contributed by atoms with E-state index in [1.807, 2.05) is 0 Å². The Kier molecular flexibility index (Phi) is 3.17. The molecule has 1 saturated heterocycles. The maximum Gasteiger partial charge on any atom is 0.0868 e. The second kappa shape index (κ2) is 4.79. The molecule has 92 valence electrons. The van der Waals surface area contributed by atoms with Gasteiger partial charge in [0.2, 0.25) is 0 Å². The molecule has 2 aliphatic rings. The lowest BCUT2D eigenvalue weighted by Gasteiger charge is -2.21. The molecule has 3 rings (SSSR count). The van der Waals surface area contributed by atoms with Crippen LogP contribution in [0, 0.1) is 12.8 Å². The van der Waals surface area contributed by atoms with Gasteiger partial charge in [-0.1, -0.05) is 24.3 Å². The van der Waals surface area contributed by atoms with E-state index in [1.54, 1.807) is 0 Å². The van der Waals surface area contributed by atoms with E-state index in [0.717, 1.165) is 19.2 Å². The SMILES string of the molecule is Cc1ccccc1C1OCCC1CNC1CC1. The number of ether oxygens (including phenoxy) is 1. The first-order valence-corrected chi connectivity index (χ1v) is 6.75. The minimum absolute atomic E-state index is 0.308. The predicted octanol–water partition coefficient (Wildman–Crippen LogP) is 2.82. The van der Waals surface area contributed by atoms with E-state index < -0.39 is 0 Å². The third-order valence-corrected chi connectivity index (χ3v) is 3.96. The van der Waals surface area contributed by atoms with Crippen LogP contribution in [-0.2, 0) is 4.74 Å². The Morgan fingerprint density at radius 2 is 2.06 bits per heavy atom. The second-order valence-electron chi connectivity index (χ2n) is 5.38. The summed E-state index contributed by atoms with van der Waals surface area (Å²) in [5, 5.41) is 3.64. The molecule has 1 saturated carbocycles. The average Bonchev–Trinajstić information content (AvgIpc) is 3.06. The molecule has 0 amide bonds. The zero-order valence-electron chi connectivity index (χ0n) is 10.5. The van der Waals surface area contributed by atoms with Crippen molar-refractivity contribution in [3.8, 4) is 0 Å². The van der Waals surface area contributed by atoms with Crippen LogP contribution < -0.4 is 5.32 Å². The second-order valence-corrected chi connectivity index (χ2v) is 5.38. The van der Waals surface area contributed by atoms with Crippen molar-refractivity contribution in [1.82, 2.24) is 5.32 Å². The van der Waals surface area contributed by atoms with Crippen LogP contribution in [0.3, 0.4) is 0 Å². The first-order valence-electron chi connectivity index (χ1n) is 6.75. The van der Waals surface area contributed by atoms with Crippen molar-refractivity contribution in [3.05, 3.63) is 35.4 Å². The molecular weight excluding hydrogens is 210 g/mol. The highest BCUT2D eigenvalue weighted by Gasteiger charge is 2.32. The average molecular weight is 231 g/mol. The van der Waals surface area contributed by atoms with Crippen LogP contribution >= 0.6 is 0 Å². The summed E-state index contributed by atoms with van der Waals surface area (Å²) in [6.45, 7) is 4.21. The maximum absolute atomic E-state index is 5.95. The van der Waals surface area contributed by atoms with Gasteiger partial charge in [-0.05, 0) is 37.3 Å². The van der Waals surface area contributed by atoms with Gasteiger partial charge in [0.25, 0.3) is 0 Å². The van der Waals surface area contributed by atoms with Gasteiger partial charge >= 0.3 is 0 Å². The highest BCUT2D eigenvalue weighted by atomic mass is 16.5. The number of aryl methyl sites for hydroxylation is 1. The Morgan fingerprint density at radius 3 is 2.82 bits per heavy atom. The molecule has 2 heteroatoms. The summed E-state index contributed by atoms with van der Waals surface area (Å²) in [4.78, 5) is 0. The summed E-state index contributed by atoms with van der Waals surface area (Å²) in [5.74, 6) is 0.650. The van der Waals surface area contributed by atoms with Crippen LogP contribution in [-0.4, -0.2) is 19.2 Å². The molecule has 1 aromatic rings. The molecule has 0 radical (unpaired) electrons. The predicted molar refractivity (Wildman–Crippen MR) is 69.0 cm³/mol. The van der Waals surface area contributed by atoms with Gasteiger partial charge in [-0.3, -0.25) is 0 Å². The summed E-state index contributed by atoms with van der Waals surface area (Å²) >= 11 is 0. The summed E-state index contributed by atoms with van der Waals surface area (Å²) in [7, 11) is 0. The number of hydrogen-bond acceptors (Lipinski definition) is 2. The number of benzene rings is 1. The van der Waals surface area contributed by atoms with E-state index in [2.05, 4.69) is 36.5 Å². The van der Waals surface area contributed by atoms with Crippen LogP contribution in [0.25, 0.3) is 0 Å². The Labute approximate surface area is 103 Å². The van der Waals surface area contributed by atoms with Crippen molar-refractivity contribution < 1.29 is 4.74 Å². The molecule has 0 aromatic heterocycles. The van der Waals surface area contributed by atoms with Crippen LogP contribution in [0.1, 0.15) is 36.5 Å². The van der Waals surface area contributed by atoms with Gasteiger partial charge in [0.1, 0.15) is 0 Å². The molecule has 2 nitrogen and oxygen atoms in total. The van der Waals surface area contributed by atoms with E-state index in [1.165, 1.54) is 30.4 Å². The smallest absolute Gasteiger partial charge is 0.0868 e. The van der Waals surface area contributed by atoms with Crippen molar-refractivity contribution in [2.75, 3.05) is 13.2 Å². The Morgan fingerprint density at radius 1 is 1.24 bits per heavy atom. The van der Waals surface area contributed by atoms with E-state index in [4.69, 9.17) is 4.74 Å². The Balaban J connectivity index is 1.69. The van der Waals surface area contributed by atoms with E-state index in [9.17, 15) is 0 Å². The summed E-state index contributed by atoms with van der Waals surface area (Å²) in [6.07, 6.45) is 4.23. The molecule has 17 heavy (non-hydrogen) atoms. The molecule has 0 spiro atoms. The fraction of sp³-hybridized carbons (Fsp3) is 0.600. The molecule has 1 aliphatic carbocycles. The van der Waals surface area contributed by atoms with Crippen LogP contribution in [0.4, 0.5) is 0 Å². The highest BCUT2D eigenvalue weighted by molar-refractivity contribution is 5.28. The van der Waals surface area contributed by atoms with Gasteiger partial charge in [-0.2, -0.15) is 0 Å². The van der Waals surface area contributed by atoms with Gasteiger partial charge in [-0.15, -0.1) is 0 Å². The molecule has 2 fully saturated rings. The monoisotopic (exact) mass is 231 g/mol. The summed E-state index contributed by atoms with van der Waals surface area (Å²) < 4.78 is 5.95. The molecule has 1 aliphatic heterocycles. The van der Waals surface area contributed by atoms with Crippen molar-refractivity contribution >= 4 is 0 Å². The van der Waals surface area contributed by atoms with Gasteiger partial charge in [0, 0.05) is 25.1 Å². The molecule has 2 atom stereocenters. The fourth-order valence-corrected chi connectivity index (χ4v) is 2.70. The topological polar surface area (TPSA) is 21.3 Å². The summed E-state index contributed by atoms with van der Waals surface area (Å²) in [5.41, 5.74) is 2.74. The van der Waals surface area contributed by atoms with Crippen LogP contribution in [0.2, 0.25) is 0 Å². The molecule has 1 N–H and O–H groups in total. The summed E-state index contributed by atoms with van der Waals surface area (Å²) in [6, 6.07) is 9.42. The van der Waals surface area contributed by atoms with E-state index >= 15 is 0 Å². The zero-order valence-corrected chi connectivity index (χ0v) is 10.5. The van der Waals surface area contributed by atoms with E-state index in [-0.39, 0.29) is 0 Å². The minimum atomic E-state index is 0.308. The number of hydrogen-bond donors (Lipinski definition) is 1. The van der Waals surface area contributed by atoms with Crippen LogP contribution in [0.5, 0.6) is 0 Å². The minimum Gasteiger partial charge on any atom is -0.373 e. The van der Waals surface area contributed by atoms with Gasteiger partial charge in [0.05, 0.1) is 6.10 Å². The zero-order chi connectivity index (χ0) is 11.7.